The van der Waals surface area contributed by atoms with E-state index in [4.69, 9.17) is 0 Å². The van der Waals surface area contributed by atoms with Crippen LogP contribution < -0.4 is 9.75 Å². The minimum atomic E-state index is -0.452. The normalized spacial score (nSPS) is 23.7. The minimum absolute atomic E-state index is 0.431. The van der Waals surface area contributed by atoms with E-state index in [1.165, 1.54) is 20.9 Å². The Balaban J connectivity index is 1.76. The molecule has 1 radical (unpaired) electrons. The average Bonchev–Trinajstić information content (AvgIpc) is 3.27. The third-order valence-electron chi connectivity index (χ3n) is 5.53. The Bertz CT molecular complexity index is 1080. The summed E-state index contributed by atoms with van der Waals surface area (Å²) in [5.74, 6) is 0.431. The summed E-state index contributed by atoms with van der Waals surface area (Å²) in [7, 11) is -0.452. The van der Waals surface area contributed by atoms with Gasteiger partial charge in [0, 0.05) is 15.3 Å². The van der Waals surface area contributed by atoms with E-state index in [9.17, 15) is 0 Å². The number of benzene rings is 1. The molecule has 1 aliphatic heterocycles. The predicted molar refractivity (Wildman–Crippen MR) is 115 cm³/mol. The van der Waals surface area contributed by atoms with Crippen molar-refractivity contribution < 1.29 is 0 Å². The highest BCUT2D eigenvalue weighted by atomic mass is 32.2. The Hall–Kier alpha value is -1.29. The Morgan fingerprint density at radius 1 is 1.04 bits per heavy atom. The number of allylic oxidation sites excluding steroid dienone is 3. The first-order valence-electron chi connectivity index (χ1n) is 8.86. The fraction of sp³-hybridized carbons (Fsp3) is 0.273. The van der Waals surface area contributed by atoms with Crippen molar-refractivity contribution in [3.63, 3.8) is 0 Å². The Morgan fingerprint density at radius 3 is 2.64 bits per heavy atom. The van der Waals surface area contributed by atoms with Crippen LogP contribution in [0.2, 0.25) is 13.1 Å². The molecule has 125 valence electrons. The third kappa shape index (κ3) is 2.19. The Kier molecular flexibility index (Phi) is 3.57. The summed E-state index contributed by atoms with van der Waals surface area (Å²) in [5, 5.41) is 3.88. The van der Waals surface area contributed by atoms with Crippen molar-refractivity contribution in [2.75, 3.05) is 0 Å². The lowest BCUT2D eigenvalue weighted by molar-refractivity contribution is 1.04. The highest BCUT2D eigenvalue weighted by Crippen LogP contribution is 2.53. The van der Waals surface area contributed by atoms with Gasteiger partial charge in [0.15, 0.2) is 0 Å². The van der Waals surface area contributed by atoms with Crippen molar-refractivity contribution in [1.82, 2.24) is 0 Å². The molecule has 1 aromatic carbocycles. The average molecular weight is 378 g/mol. The van der Waals surface area contributed by atoms with Gasteiger partial charge in [0.05, 0.1) is 14.0 Å². The van der Waals surface area contributed by atoms with Crippen molar-refractivity contribution in [2.45, 2.75) is 38.1 Å². The Labute approximate surface area is 159 Å². The van der Waals surface area contributed by atoms with Gasteiger partial charge in [-0.25, -0.2) is 0 Å². The van der Waals surface area contributed by atoms with Crippen LogP contribution >= 0.6 is 23.1 Å². The molecule has 25 heavy (non-hydrogen) atoms. The maximum atomic E-state index is 2.46. The number of rotatable bonds is 2. The summed E-state index contributed by atoms with van der Waals surface area (Å²) in [6.45, 7) is 9.52. The molecule has 3 aliphatic rings. The van der Waals surface area contributed by atoms with Crippen LogP contribution in [-0.2, 0) is 0 Å². The second-order valence-corrected chi connectivity index (χ2v) is 12.5. The van der Waals surface area contributed by atoms with E-state index in [1.807, 2.05) is 11.3 Å². The molecule has 2 atom stereocenters. The van der Waals surface area contributed by atoms with Crippen LogP contribution in [0.5, 0.6) is 0 Å². The molecule has 2 aliphatic carbocycles. The van der Waals surface area contributed by atoms with Gasteiger partial charge in [0.1, 0.15) is 0 Å². The van der Waals surface area contributed by atoms with Crippen LogP contribution in [0.3, 0.4) is 0 Å². The van der Waals surface area contributed by atoms with Crippen molar-refractivity contribution >= 4 is 48.7 Å². The molecule has 0 amide bonds. The third-order valence-corrected chi connectivity index (χ3v) is 9.90. The zero-order valence-corrected chi connectivity index (χ0v) is 17.6. The molecule has 2 unspecified atom stereocenters. The summed E-state index contributed by atoms with van der Waals surface area (Å²) in [4.78, 5) is 2.98. The van der Waals surface area contributed by atoms with Gasteiger partial charge in [-0.3, -0.25) is 0 Å². The zero-order chi connectivity index (χ0) is 17.3. The van der Waals surface area contributed by atoms with Gasteiger partial charge in [0.2, 0.25) is 0 Å². The van der Waals surface area contributed by atoms with Crippen LogP contribution in [0.1, 0.15) is 28.8 Å². The van der Waals surface area contributed by atoms with E-state index in [0.717, 1.165) is 0 Å². The standard InChI is InChI=1S/C22H21S2Si/c1-12-11-17-19-18(16-10-9-14-7-5-6-8-15(14)16)13(2)24-21(19)22(25(3)4)20(17)23-12/h5-11,16,21H,1-4H3. The van der Waals surface area contributed by atoms with Crippen LogP contribution in [0.25, 0.3) is 16.8 Å². The first kappa shape index (κ1) is 15.9. The SMILES string of the molecule is CC1=C(C2C=Cc3ccccc32)C2=c3cc(C)sc3=C([Si](C)C)C2S1. The minimum Gasteiger partial charge on any atom is -0.141 e. The van der Waals surface area contributed by atoms with E-state index in [-0.39, 0.29) is 0 Å². The summed E-state index contributed by atoms with van der Waals surface area (Å²) < 4.78 is 1.60. The molecule has 0 saturated heterocycles. The summed E-state index contributed by atoms with van der Waals surface area (Å²) in [6, 6.07) is 11.3. The summed E-state index contributed by atoms with van der Waals surface area (Å²) in [6.07, 6.45) is 4.73. The molecule has 3 heteroatoms. The van der Waals surface area contributed by atoms with Gasteiger partial charge < -0.3 is 0 Å². The molecular formula is C22H21S2Si. The van der Waals surface area contributed by atoms with Crippen LogP contribution in [0.15, 0.2) is 46.9 Å². The van der Waals surface area contributed by atoms with Crippen molar-refractivity contribution in [3.05, 3.63) is 72.6 Å². The topological polar surface area (TPSA) is 0 Å². The number of hydrogen-bond acceptors (Lipinski definition) is 2. The van der Waals surface area contributed by atoms with Gasteiger partial charge in [-0.15, -0.1) is 23.1 Å². The second-order valence-electron chi connectivity index (χ2n) is 7.36. The van der Waals surface area contributed by atoms with Gasteiger partial charge in [-0.2, -0.15) is 0 Å². The van der Waals surface area contributed by atoms with Crippen LogP contribution in [-0.4, -0.2) is 14.0 Å². The zero-order valence-electron chi connectivity index (χ0n) is 15.0. The quantitative estimate of drug-likeness (QED) is 0.673. The molecule has 2 heterocycles. The molecule has 0 spiro atoms. The van der Waals surface area contributed by atoms with E-state index in [1.54, 1.807) is 26.1 Å². The van der Waals surface area contributed by atoms with E-state index in [2.05, 4.69) is 81.2 Å². The summed E-state index contributed by atoms with van der Waals surface area (Å²) in [5.41, 5.74) is 6.09. The largest absolute Gasteiger partial charge is 0.141 e. The molecule has 5 rings (SSSR count). The number of hydrogen-bond donors (Lipinski definition) is 0. The fourth-order valence-corrected chi connectivity index (χ4v) is 9.84. The fourth-order valence-electron chi connectivity index (χ4n) is 4.53. The smallest absolute Gasteiger partial charge is 0.0775 e. The molecule has 0 fully saturated rings. The molecule has 0 N–H and O–H groups in total. The van der Waals surface area contributed by atoms with Gasteiger partial charge in [-0.05, 0) is 57.5 Å². The molecule has 0 saturated carbocycles. The highest BCUT2D eigenvalue weighted by molar-refractivity contribution is 8.05. The van der Waals surface area contributed by atoms with Gasteiger partial charge >= 0.3 is 0 Å². The highest BCUT2D eigenvalue weighted by Gasteiger charge is 2.40. The number of thioether (sulfide) groups is 1. The molecule has 1 aromatic heterocycles. The predicted octanol–water partition coefficient (Wildman–Crippen LogP) is 4.87. The van der Waals surface area contributed by atoms with Gasteiger partial charge in [-0.1, -0.05) is 49.5 Å². The van der Waals surface area contributed by atoms with Crippen LogP contribution in [0.4, 0.5) is 0 Å². The van der Waals surface area contributed by atoms with E-state index < -0.39 is 8.80 Å². The molecular weight excluding hydrogens is 356 g/mol. The number of thiophene rings is 1. The Morgan fingerprint density at radius 2 is 1.84 bits per heavy atom. The van der Waals surface area contributed by atoms with Gasteiger partial charge in [0.25, 0.3) is 0 Å². The monoisotopic (exact) mass is 377 g/mol. The second kappa shape index (κ2) is 5.60. The lowest BCUT2D eigenvalue weighted by Crippen LogP contribution is -2.22. The first-order chi connectivity index (χ1) is 12.1. The first-order valence-corrected chi connectivity index (χ1v) is 13.1. The number of fused-ring (bicyclic) bond motifs is 3. The maximum Gasteiger partial charge on any atom is 0.0775 e. The lowest BCUT2D eigenvalue weighted by Gasteiger charge is -2.18. The van der Waals surface area contributed by atoms with Crippen LogP contribution in [0, 0.1) is 6.92 Å². The van der Waals surface area contributed by atoms with E-state index >= 15 is 0 Å². The van der Waals surface area contributed by atoms with Crippen molar-refractivity contribution in [2.24, 2.45) is 0 Å². The lowest BCUT2D eigenvalue weighted by atomic mass is 9.87. The van der Waals surface area contributed by atoms with E-state index in [0.29, 0.717) is 11.2 Å². The maximum absolute atomic E-state index is 2.46. The number of aryl methyl sites for hydroxylation is 1. The molecule has 2 aromatic rings. The summed E-state index contributed by atoms with van der Waals surface area (Å²) >= 11 is 4.13. The molecule has 0 bridgehead atoms. The van der Waals surface area contributed by atoms with Crippen molar-refractivity contribution in [1.29, 1.82) is 0 Å². The molecule has 0 nitrogen and oxygen atoms in total. The van der Waals surface area contributed by atoms with Crippen molar-refractivity contribution in [3.8, 4) is 0 Å².